The Morgan fingerprint density at radius 2 is 0.981 bits per heavy atom. The van der Waals surface area contributed by atoms with Crippen LogP contribution in [0.4, 0.5) is 26.3 Å². The van der Waals surface area contributed by atoms with Crippen LogP contribution in [0.2, 0.25) is 0 Å². The van der Waals surface area contributed by atoms with Crippen LogP contribution in [0.3, 0.4) is 0 Å². The second kappa shape index (κ2) is 27.6. The fourth-order valence-corrected chi connectivity index (χ4v) is 3.24. The molecule has 18 nitrogen and oxygen atoms in total. The molecule has 0 amide bonds. The van der Waals surface area contributed by atoms with Gasteiger partial charge in [-0.3, -0.25) is 0 Å². The molecule has 0 bridgehead atoms. The molecular formula is C29H38F6O18. The molecule has 0 aliphatic carbocycles. The summed E-state index contributed by atoms with van der Waals surface area (Å²) >= 11 is 0. The minimum absolute atomic E-state index is 0.215. The first-order valence-corrected chi connectivity index (χ1v) is 14.8. The molecule has 0 aromatic carbocycles. The van der Waals surface area contributed by atoms with E-state index < -0.39 is 113 Å². The number of hydrogen-bond acceptors (Lipinski definition) is 18. The molecule has 24 heteroatoms. The Bertz CT molecular complexity index is 1120. The summed E-state index contributed by atoms with van der Waals surface area (Å²) in [6.45, 7) is 8.20. The van der Waals surface area contributed by atoms with E-state index in [0.717, 1.165) is 24.3 Å². The highest BCUT2D eigenvalue weighted by Gasteiger charge is 2.71. The average Bonchev–Trinajstić information content (AvgIpc) is 3.11. The van der Waals surface area contributed by atoms with Crippen molar-refractivity contribution >= 4 is 23.9 Å². The number of carbonyl (C=O) groups excluding carboxylic acids is 4. The van der Waals surface area contributed by atoms with Crippen molar-refractivity contribution in [1.29, 1.82) is 0 Å². The van der Waals surface area contributed by atoms with Crippen molar-refractivity contribution in [2.75, 3.05) is 59.5 Å². The van der Waals surface area contributed by atoms with E-state index >= 15 is 0 Å². The molecule has 0 aromatic heterocycles. The van der Waals surface area contributed by atoms with Gasteiger partial charge in [-0.15, -0.1) is 0 Å². The number of carbonyl (C=O) groups is 4. The lowest BCUT2D eigenvalue weighted by molar-refractivity contribution is -0.790. The van der Waals surface area contributed by atoms with Crippen LogP contribution in [0.5, 0.6) is 0 Å². The minimum atomic E-state index is -5.88. The Hall–Kier alpha value is -3.98. The summed E-state index contributed by atoms with van der Waals surface area (Å²) in [6, 6.07) is 0. The zero-order valence-electron chi connectivity index (χ0n) is 27.9. The Balaban J connectivity index is 4.50. The fraction of sp³-hybridized carbons (Fsp3) is 0.586. The quantitative estimate of drug-likeness (QED) is 0.0183. The molecule has 53 heavy (non-hydrogen) atoms. The summed E-state index contributed by atoms with van der Waals surface area (Å²) in [5, 5.41) is 19.5. The SMILES string of the molecule is C=CC(=O)OCC(COCCOCCCC(OCCCOOOOOOOCC(COC(=O)C=C)OC(=O)C=C)(C(F)(F)F)C(F)(F)F)OC(=O)C=C. The summed E-state index contributed by atoms with van der Waals surface area (Å²) in [4.78, 5) is 53.8. The molecule has 0 radical (unpaired) electrons. The van der Waals surface area contributed by atoms with Gasteiger partial charge in [0.25, 0.3) is 5.60 Å². The first kappa shape index (κ1) is 49.0. The van der Waals surface area contributed by atoms with E-state index in [4.69, 9.17) is 23.7 Å². The minimum Gasteiger partial charge on any atom is -0.458 e. The van der Waals surface area contributed by atoms with E-state index in [1.807, 2.05) is 0 Å². The van der Waals surface area contributed by atoms with E-state index in [1.54, 1.807) is 0 Å². The smallest absolute Gasteiger partial charge is 0.426 e. The van der Waals surface area contributed by atoms with Crippen LogP contribution in [-0.2, 0) is 87.3 Å². The molecule has 0 aromatic rings. The van der Waals surface area contributed by atoms with Gasteiger partial charge in [0.15, 0.2) is 12.2 Å². The van der Waals surface area contributed by atoms with Gasteiger partial charge in [0.05, 0.1) is 33.0 Å². The van der Waals surface area contributed by atoms with Crippen LogP contribution in [-0.4, -0.2) is 114 Å². The topological polar surface area (TPSA) is 198 Å². The normalized spacial score (nSPS) is 12.9. The van der Waals surface area contributed by atoms with Crippen molar-refractivity contribution in [3.05, 3.63) is 50.6 Å². The molecule has 0 rings (SSSR count). The molecule has 0 saturated carbocycles. The van der Waals surface area contributed by atoms with Crippen LogP contribution in [0.25, 0.3) is 0 Å². The largest absolute Gasteiger partial charge is 0.458 e. The van der Waals surface area contributed by atoms with Crippen molar-refractivity contribution in [2.45, 2.75) is 49.4 Å². The molecule has 0 heterocycles. The molecule has 304 valence electrons. The summed E-state index contributed by atoms with van der Waals surface area (Å²) in [5.41, 5.74) is -4.55. The highest BCUT2D eigenvalue weighted by molar-refractivity contribution is 5.82. The third kappa shape index (κ3) is 22.0. The van der Waals surface area contributed by atoms with Crippen molar-refractivity contribution in [3.8, 4) is 0 Å². The number of halogens is 6. The van der Waals surface area contributed by atoms with Gasteiger partial charge in [0, 0.05) is 30.9 Å². The molecule has 2 atom stereocenters. The van der Waals surface area contributed by atoms with Gasteiger partial charge < -0.3 is 33.2 Å². The van der Waals surface area contributed by atoms with Crippen molar-refractivity contribution in [1.82, 2.24) is 0 Å². The molecule has 0 aliphatic rings. The van der Waals surface area contributed by atoms with Crippen LogP contribution in [0.1, 0.15) is 19.3 Å². The van der Waals surface area contributed by atoms with Crippen LogP contribution in [0.15, 0.2) is 50.6 Å². The number of alkyl halides is 6. The van der Waals surface area contributed by atoms with Crippen LogP contribution in [0, 0.1) is 0 Å². The third-order valence-electron chi connectivity index (χ3n) is 5.65. The number of esters is 4. The van der Waals surface area contributed by atoms with E-state index in [1.165, 1.54) is 0 Å². The van der Waals surface area contributed by atoms with Gasteiger partial charge in [-0.1, -0.05) is 26.3 Å². The second-order valence-electron chi connectivity index (χ2n) is 9.46. The number of rotatable bonds is 32. The standard InChI is InChI=1S/C29H38F6O18/c1-5-23(36)42-18-21(47-25(38)7-3)17-41-16-15-40-12-9-11-27(28(30,31)32,29(33,34)35)44-13-10-14-45-49-51-53-52-50-46-20-22(48-26(39)8-4)19-43-24(37)6-2/h5-8,21-22H,1-4,9-20H2. The van der Waals surface area contributed by atoms with Crippen molar-refractivity contribution in [3.63, 3.8) is 0 Å². The summed E-state index contributed by atoms with van der Waals surface area (Å²) in [6.07, 6.45) is -13.5. The predicted molar refractivity (Wildman–Crippen MR) is 156 cm³/mol. The Morgan fingerprint density at radius 1 is 0.509 bits per heavy atom. The van der Waals surface area contributed by atoms with E-state index in [2.05, 4.69) is 70.8 Å². The average molecular weight is 789 g/mol. The third-order valence-corrected chi connectivity index (χ3v) is 5.65. The van der Waals surface area contributed by atoms with Gasteiger partial charge in [0.2, 0.25) is 0 Å². The predicted octanol–water partition coefficient (Wildman–Crippen LogP) is 3.33. The van der Waals surface area contributed by atoms with Gasteiger partial charge in [-0.2, -0.15) is 31.2 Å². The molecule has 0 spiro atoms. The summed E-state index contributed by atoms with van der Waals surface area (Å²) < 4.78 is 116. The van der Waals surface area contributed by atoms with Gasteiger partial charge in [-0.05, 0) is 44.5 Å². The maximum atomic E-state index is 13.7. The van der Waals surface area contributed by atoms with Gasteiger partial charge >= 0.3 is 36.2 Å². The highest BCUT2D eigenvalue weighted by atomic mass is 19.4. The summed E-state index contributed by atoms with van der Waals surface area (Å²) in [5.74, 6) is -3.39. The molecule has 0 saturated heterocycles. The molecular weight excluding hydrogens is 750 g/mol. The maximum absolute atomic E-state index is 13.7. The lowest BCUT2D eigenvalue weighted by atomic mass is 9.95. The number of hydrogen-bond donors (Lipinski definition) is 0. The Morgan fingerprint density at radius 3 is 1.49 bits per heavy atom. The Kier molecular flexibility index (Phi) is 25.5. The maximum Gasteiger partial charge on any atom is 0.426 e. The zero-order chi connectivity index (χ0) is 40.2. The molecule has 0 N–H and O–H groups in total. The first-order valence-electron chi connectivity index (χ1n) is 14.8. The van der Waals surface area contributed by atoms with E-state index in [-0.39, 0.29) is 19.8 Å². The van der Waals surface area contributed by atoms with Crippen molar-refractivity contribution < 1.29 is 114 Å². The van der Waals surface area contributed by atoms with E-state index in [0.29, 0.717) is 0 Å². The lowest BCUT2D eigenvalue weighted by Crippen LogP contribution is -2.59. The lowest BCUT2D eigenvalue weighted by Gasteiger charge is -2.37. The second-order valence-corrected chi connectivity index (χ2v) is 9.46. The monoisotopic (exact) mass is 788 g/mol. The van der Waals surface area contributed by atoms with Crippen LogP contribution >= 0.6 is 0 Å². The summed E-state index contributed by atoms with van der Waals surface area (Å²) in [7, 11) is 0. The first-order chi connectivity index (χ1) is 25.1. The fourth-order valence-electron chi connectivity index (χ4n) is 3.24. The zero-order valence-corrected chi connectivity index (χ0v) is 27.9. The molecule has 0 aliphatic heterocycles. The molecule has 0 fully saturated rings. The highest BCUT2D eigenvalue weighted by Crippen LogP contribution is 2.48. The Labute approximate surface area is 297 Å². The van der Waals surface area contributed by atoms with Crippen molar-refractivity contribution in [2.24, 2.45) is 0 Å². The van der Waals surface area contributed by atoms with Crippen LogP contribution < -0.4 is 0 Å². The molecule has 2 unspecified atom stereocenters. The number of ether oxygens (including phenoxy) is 7. The van der Waals surface area contributed by atoms with E-state index in [9.17, 15) is 45.5 Å². The van der Waals surface area contributed by atoms with Gasteiger partial charge in [0.1, 0.15) is 19.8 Å². The van der Waals surface area contributed by atoms with Gasteiger partial charge in [-0.25, -0.2) is 24.1 Å².